The number of aryl methyl sites for hydroxylation is 1. The number of aliphatic hydroxyl groups is 1. The molecule has 0 aliphatic carbocycles. The predicted molar refractivity (Wildman–Crippen MR) is 84.4 cm³/mol. The van der Waals surface area contributed by atoms with Crippen molar-refractivity contribution < 1.29 is 13.5 Å². The summed E-state index contributed by atoms with van der Waals surface area (Å²) in [5, 5.41) is 9.84. The molecule has 2 rings (SSSR count). The van der Waals surface area contributed by atoms with Crippen LogP contribution in [0.3, 0.4) is 0 Å². The van der Waals surface area contributed by atoms with Crippen LogP contribution in [-0.2, 0) is 16.6 Å². The first kappa shape index (κ1) is 16.1. The Kier molecular flexibility index (Phi) is 4.78. The summed E-state index contributed by atoms with van der Waals surface area (Å²) in [6.07, 6.45) is 0. The highest BCUT2D eigenvalue weighted by Crippen LogP contribution is 2.28. The molecule has 0 bridgehead atoms. The van der Waals surface area contributed by atoms with Gasteiger partial charge in [-0.2, -0.15) is 0 Å². The van der Waals surface area contributed by atoms with Gasteiger partial charge in [-0.05, 0) is 48.4 Å². The highest BCUT2D eigenvalue weighted by molar-refractivity contribution is 7.92. The van der Waals surface area contributed by atoms with Crippen LogP contribution in [-0.4, -0.2) is 13.5 Å². The summed E-state index contributed by atoms with van der Waals surface area (Å²) in [4.78, 5) is 0.0493. The van der Waals surface area contributed by atoms with E-state index in [0.29, 0.717) is 10.6 Å². The molecule has 7 heteroatoms. The number of hydrogen-bond donors (Lipinski definition) is 2. The fourth-order valence-electron chi connectivity index (χ4n) is 1.76. The third kappa shape index (κ3) is 3.68. The predicted octanol–water partition coefficient (Wildman–Crippen LogP) is 3.59. The van der Waals surface area contributed by atoms with Gasteiger partial charge in [-0.25, -0.2) is 8.42 Å². The first-order chi connectivity index (χ1) is 9.83. The van der Waals surface area contributed by atoms with Crippen LogP contribution >= 0.6 is 23.2 Å². The van der Waals surface area contributed by atoms with Crippen LogP contribution in [0.1, 0.15) is 11.1 Å². The van der Waals surface area contributed by atoms with E-state index >= 15 is 0 Å². The number of halogens is 2. The summed E-state index contributed by atoms with van der Waals surface area (Å²) in [6, 6.07) is 9.04. The Bertz CT molecular complexity index is 776. The standard InChI is InChI=1S/C14H13Cl2NO3S/c1-9-2-4-12(6-10(9)8-18)21(19,20)17-14-7-11(15)3-5-13(14)16/h2-7,17-18H,8H2,1H3. The van der Waals surface area contributed by atoms with E-state index < -0.39 is 10.0 Å². The quantitative estimate of drug-likeness (QED) is 0.889. The largest absolute Gasteiger partial charge is 0.392 e. The topological polar surface area (TPSA) is 66.4 Å². The van der Waals surface area contributed by atoms with Crippen molar-refractivity contribution in [2.45, 2.75) is 18.4 Å². The summed E-state index contributed by atoms with van der Waals surface area (Å²) in [6.45, 7) is 1.57. The molecule has 0 fully saturated rings. The van der Waals surface area contributed by atoms with Crippen molar-refractivity contribution in [1.29, 1.82) is 0 Å². The highest BCUT2D eigenvalue weighted by atomic mass is 35.5. The number of aliphatic hydroxyl groups excluding tert-OH is 1. The monoisotopic (exact) mass is 345 g/mol. The molecule has 0 aromatic heterocycles. The number of nitrogens with one attached hydrogen (secondary N) is 1. The van der Waals surface area contributed by atoms with Gasteiger partial charge >= 0.3 is 0 Å². The minimum atomic E-state index is -3.81. The number of anilines is 1. The Morgan fingerprint density at radius 3 is 2.52 bits per heavy atom. The van der Waals surface area contributed by atoms with Crippen LogP contribution in [0.5, 0.6) is 0 Å². The average Bonchev–Trinajstić information content (AvgIpc) is 2.43. The Balaban J connectivity index is 2.41. The SMILES string of the molecule is Cc1ccc(S(=O)(=O)Nc2cc(Cl)ccc2Cl)cc1CO. The van der Waals surface area contributed by atoms with Crippen LogP contribution in [0, 0.1) is 6.92 Å². The molecule has 0 unspecified atom stereocenters. The van der Waals surface area contributed by atoms with Crippen molar-refractivity contribution in [3.05, 3.63) is 57.6 Å². The van der Waals surface area contributed by atoms with Gasteiger partial charge in [-0.3, -0.25) is 4.72 Å². The molecule has 0 radical (unpaired) electrons. The molecule has 0 aliphatic heterocycles. The second-order valence-corrected chi connectivity index (χ2v) is 7.00. The number of sulfonamides is 1. The lowest BCUT2D eigenvalue weighted by Gasteiger charge is -2.11. The maximum absolute atomic E-state index is 12.4. The van der Waals surface area contributed by atoms with Gasteiger partial charge in [0.1, 0.15) is 0 Å². The summed E-state index contributed by atoms with van der Waals surface area (Å²) in [5.74, 6) is 0. The number of rotatable bonds is 4. The van der Waals surface area contributed by atoms with Crippen LogP contribution in [0.4, 0.5) is 5.69 Å². The lowest BCUT2D eigenvalue weighted by molar-refractivity contribution is 0.281. The van der Waals surface area contributed by atoms with Gasteiger partial charge in [0.2, 0.25) is 0 Å². The molecule has 2 N–H and O–H groups in total. The molecule has 0 heterocycles. The zero-order valence-electron chi connectivity index (χ0n) is 11.1. The molecule has 0 saturated carbocycles. The van der Waals surface area contributed by atoms with Gasteiger partial charge in [0, 0.05) is 5.02 Å². The van der Waals surface area contributed by atoms with Gasteiger partial charge in [-0.1, -0.05) is 29.3 Å². The minimum absolute atomic E-state index is 0.0493. The van der Waals surface area contributed by atoms with E-state index in [1.54, 1.807) is 19.1 Å². The first-order valence-electron chi connectivity index (χ1n) is 6.02. The minimum Gasteiger partial charge on any atom is -0.392 e. The molecule has 112 valence electrons. The van der Waals surface area contributed by atoms with E-state index in [0.717, 1.165) is 5.56 Å². The van der Waals surface area contributed by atoms with Crippen LogP contribution in [0.15, 0.2) is 41.3 Å². The third-order valence-electron chi connectivity index (χ3n) is 2.97. The van der Waals surface area contributed by atoms with Gasteiger partial charge in [0.15, 0.2) is 0 Å². The van der Waals surface area contributed by atoms with Crippen LogP contribution in [0.25, 0.3) is 0 Å². The summed E-state index contributed by atoms with van der Waals surface area (Å²) in [7, 11) is -3.81. The Hall–Kier alpha value is -1.27. The molecule has 2 aromatic rings. The summed E-state index contributed by atoms with van der Waals surface area (Å²) < 4.78 is 27.1. The molecular weight excluding hydrogens is 333 g/mol. The van der Waals surface area contributed by atoms with E-state index in [9.17, 15) is 13.5 Å². The van der Waals surface area contributed by atoms with Gasteiger partial charge in [-0.15, -0.1) is 0 Å². The molecule has 2 aromatic carbocycles. The molecule has 0 amide bonds. The fraction of sp³-hybridized carbons (Fsp3) is 0.143. The number of hydrogen-bond acceptors (Lipinski definition) is 3. The van der Waals surface area contributed by atoms with E-state index in [1.165, 1.54) is 24.3 Å². The van der Waals surface area contributed by atoms with E-state index in [-0.39, 0.29) is 22.2 Å². The molecule has 0 saturated heterocycles. The van der Waals surface area contributed by atoms with E-state index in [1.807, 2.05) is 0 Å². The smallest absolute Gasteiger partial charge is 0.261 e. The maximum Gasteiger partial charge on any atom is 0.261 e. The lowest BCUT2D eigenvalue weighted by Crippen LogP contribution is -2.13. The lowest BCUT2D eigenvalue weighted by atomic mass is 10.1. The summed E-state index contributed by atoms with van der Waals surface area (Å²) >= 11 is 11.8. The maximum atomic E-state index is 12.4. The zero-order valence-corrected chi connectivity index (χ0v) is 13.4. The van der Waals surface area contributed by atoms with Crippen molar-refractivity contribution >= 4 is 38.9 Å². The molecule has 0 aliphatic rings. The normalized spacial score (nSPS) is 11.4. The second kappa shape index (κ2) is 6.23. The van der Waals surface area contributed by atoms with E-state index in [2.05, 4.69) is 4.72 Å². The van der Waals surface area contributed by atoms with Crippen LogP contribution < -0.4 is 4.72 Å². The highest BCUT2D eigenvalue weighted by Gasteiger charge is 2.17. The van der Waals surface area contributed by atoms with Gasteiger partial charge in [0.25, 0.3) is 10.0 Å². The second-order valence-electron chi connectivity index (χ2n) is 4.48. The van der Waals surface area contributed by atoms with Crippen molar-refractivity contribution in [2.75, 3.05) is 4.72 Å². The summed E-state index contributed by atoms with van der Waals surface area (Å²) in [5.41, 5.74) is 1.57. The van der Waals surface area contributed by atoms with Crippen LogP contribution in [0.2, 0.25) is 10.0 Å². The van der Waals surface area contributed by atoms with Crippen molar-refractivity contribution in [3.8, 4) is 0 Å². The third-order valence-corrected chi connectivity index (χ3v) is 4.90. The first-order valence-corrected chi connectivity index (χ1v) is 8.25. The average molecular weight is 346 g/mol. The van der Waals surface area contributed by atoms with Crippen molar-refractivity contribution in [2.24, 2.45) is 0 Å². The van der Waals surface area contributed by atoms with E-state index in [4.69, 9.17) is 23.2 Å². The number of benzene rings is 2. The molecule has 0 spiro atoms. The Morgan fingerprint density at radius 2 is 1.86 bits per heavy atom. The molecular formula is C14H13Cl2NO3S. The zero-order chi connectivity index (χ0) is 15.6. The molecule has 21 heavy (non-hydrogen) atoms. The van der Waals surface area contributed by atoms with Crippen molar-refractivity contribution in [3.63, 3.8) is 0 Å². The van der Waals surface area contributed by atoms with Gasteiger partial charge < -0.3 is 5.11 Å². The molecule has 0 atom stereocenters. The Labute approximate surface area is 133 Å². The molecule has 4 nitrogen and oxygen atoms in total. The van der Waals surface area contributed by atoms with Gasteiger partial charge in [0.05, 0.1) is 22.2 Å². The fourth-order valence-corrected chi connectivity index (χ4v) is 3.28. The Morgan fingerprint density at radius 1 is 1.14 bits per heavy atom. The van der Waals surface area contributed by atoms with Crippen molar-refractivity contribution in [1.82, 2.24) is 0 Å².